The maximum absolute atomic E-state index is 12.3. The van der Waals surface area contributed by atoms with Gasteiger partial charge in [0.1, 0.15) is 11.1 Å². The predicted octanol–water partition coefficient (Wildman–Crippen LogP) is 3.89. The first-order chi connectivity index (χ1) is 12.1. The van der Waals surface area contributed by atoms with E-state index in [-0.39, 0.29) is 5.97 Å². The first-order valence-electron chi connectivity index (χ1n) is 7.88. The first kappa shape index (κ1) is 17.2. The van der Waals surface area contributed by atoms with E-state index in [1.54, 1.807) is 0 Å². The molecule has 0 saturated heterocycles. The topological polar surface area (TPSA) is 57.0 Å². The largest absolute Gasteiger partial charge is 0.468 e. The number of hydrogen-bond acceptors (Lipinski definition) is 5. The van der Waals surface area contributed by atoms with Crippen molar-refractivity contribution in [2.75, 3.05) is 7.11 Å². The van der Waals surface area contributed by atoms with Crippen molar-refractivity contribution in [1.82, 2.24) is 14.8 Å². The molecule has 0 aliphatic heterocycles. The van der Waals surface area contributed by atoms with Crippen LogP contribution >= 0.6 is 11.8 Å². The molecule has 0 radical (unpaired) electrons. The highest BCUT2D eigenvalue weighted by molar-refractivity contribution is 8.00. The zero-order chi connectivity index (χ0) is 17.8. The monoisotopic (exact) mass is 353 g/mol. The Bertz CT molecular complexity index is 877. The van der Waals surface area contributed by atoms with E-state index in [9.17, 15) is 4.79 Å². The zero-order valence-corrected chi connectivity index (χ0v) is 15.2. The molecule has 0 saturated carbocycles. The number of esters is 1. The first-order valence-corrected chi connectivity index (χ1v) is 8.76. The van der Waals surface area contributed by atoms with E-state index in [4.69, 9.17) is 4.74 Å². The lowest BCUT2D eigenvalue weighted by atomic mass is 10.1. The summed E-state index contributed by atoms with van der Waals surface area (Å²) >= 11 is 1.34. The Balaban J connectivity index is 2.00. The minimum Gasteiger partial charge on any atom is -0.468 e. The molecule has 3 rings (SSSR count). The third-order valence-electron chi connectivity index (χ3n) is 3.80. The Morgan fingerprint density at radius 3 is 2.52 bits per heavy atom. The van der Waals surface area contributed by atoms with Gasteiger partial charge in [0.05, 0.1) is 7.11 Å². The molecule has 0 bridgehead atoms. The van der Waals surface area contributed by atoms with Gasteiger partial charge in [-0.1, -0.05) is 54.2 Å². The summed E-state index contributed by atoms with van der Waals surface area (Å²) in [4.78, 5) is 12.3. The quantitative estimate of drug-likeness (QED) is 0.514. The van der Waals surface area contributed by atoms with E-state index >= 15 is 0 Å². The summed E-state index contributed by atoms with van der Waals surface area (Å²) in [5.74, 6) is 0.456. The van der Waals surface area contributed by atoms with Crippen molar-refractivity contribution in [3.8, 4) is 5.69 Å². The summed E-state index contributed by atoms with van der Waals surface area (Å²) in [5.41, 5.74) is 2.99. The van der Waals surface area contributed by atoms with E-state index in [0.717, 1.165) is 22.6 Å². The number of nitrogens with zero attached hydrogens (tertiary/aromatic N) is 3. The molecule has 0 aliphatic rings. The molecule has 128 valence electrons. The van der Waals surface area contributed by atoms with Crippen LogP contribution < -0.4 is 0 Å². The number of aromatic nitrogens is 3. The Hall–Kier alpha value is -2.60. The lowest BCUT2D eigenvalue weighted by Gasteiger charge is -2.15. The van der Waals surface area contributed by atoms with Crippen LogP contribution in [0.3, 0.4) is 0 Å². The molecule has 3 aromatic rings. The molecular formula is C19H19N3O2S. The summed E-state index contributed by atoms with van der Waals surface area (Å²) in [5, 5.41) is 8.62. The fraction of sp³-hybridized carbons (Fsp3) is 0.211. The van der Waals surface area contributed by atoms with Crippen LogP contribution in [0, 0.1) is 13.8 Å². The van der Waals surface area contributed by atoms with Crippen LogP contribution in [0.5, 0.6) is 0 Å². The van der Waals surface area contributed by atoms with Crippen molar-refractivity contribution >= 4 is 17.7 Å². The highest BCUT2D eigenvalue weighted by Gasteiger charge is 2.26. The number of ether oxygens (including phenoxy) is 1. The molecule has 1 aromatic heterocycles. The molecule has 0 amide bonds. The molecule has 5 nitrogen and oxygen atoms in total. The van der Waals surface area contributed by atoms with Gasteiger partial charge in [0.2, 0.25) is 0 Å². The number of benzene rings is 2. The molecule has 1 heterocycles. The van der Waals surface area contributed by atoms with E-state index in [2.05, 4.69) is 16.3 Å². The third-order valence-corrected chi connectivity index (χ3v) is 4.97. The lowest BCUT2D eigenvalue weighted by Crippen LogP contribution is -2.12. The molecule has 6 heteroatoms. The van der Waals surface area contributed by atoms with Crippen molar-refractivity contribution in [1.29, 1.82) is 0 Å². The van der Waals surface area contributed by atoms with E-state index in [1.165, 1.54) is 18.9 Å². The molecule has 25 heavy (non-hydrogen) atoms. The summed E-state index contributed by atoms with van der Waals surface area (Å²) in [6.07, 6.45) is 0. The third kappa shape index (κ3) is 3.74. The predicted molar refractivity (Wildman–Crippen MR) is 97.9 cm³/mol. The van der Waals surface area contributed by atoms with Crippen molar-refractivity contribution < 1.29 is 9.53 Å². The van der Waals surface area contributed by atoms with Gasteiger partial charge < -0.3 is 4.74 Å². The van der Waals surface area contributed by atoms with Crippen LogP contribution in [-0.2, 0) is 9.53 Å². The number of thioether (sulfide) groups is 1. The molecule has 2 aromatic carbocycles. The van der Waals surface area contributed by atoms with Gasteiger partial charge in [0.15, 0.2) is 5.16 Å². The second kappa shape index (κ2) is 7.53. The normalized spacial score (nSPS) is 12.0. The second-order valence-corrected chi connectivity index (χ2v) is 6.71. The molecule has 0 aliphatic carbocycles. The Labute approximate surface area is 151 Å². The van der Waals surface area contributed by atoms with Crippen LogP contribution in [0.4, 0.5) is 0 Å². The van der Waals surface area contributed by atoms with Gasteiger partial charge in [-0.15, -0.1) is 10.2 Å². The Kier molecular flexibility index (Phi) is 5.19. The maximum atomic E-state index is 12.3. The maximum Gasteiger partial charge on any atom is 0.323 e. The average Bonchev–Trinajstić information content (AvgIpc) is 3.00. The van der Waals surface area contributed by atoms with Gasteiger partial charge in [0, 0.05) is 5.69 Å². The van der Waals surface area contributed by atoms with Crippen LogP contribution in [0.15, 0.2) is 59.8 Å². The van der Waals surface area contributed by atoms with Crippen molar-refractivity contribution in [2.45, 2.75) is 24.3 Å². The van der Waals surface area contributed by atoms with Gasteiger partial charge >= 0.3 is 5.97 Å². The number of methoxy groups -OCH3 is 1. The molecule has 0 N–H and O–H groups in total. The number of carbonyl (C=O) groups excluding carboxylic acids is 1. The Morgan fingerprint density at radius 1 is 1.08 bits per heavy atom. The molecule has 0 unspecified atom stereocenters. The fourth-order valence-corrected chi connectivity index (χ4v) is 3.70. The van der Waals surface area contributed by atoms with Crippen LogP contribution in [0.1, 0.15) is 22.2 Å². The van der Waals surface area contributed by atoms with Gasteiger partial charge in [-0.2, -0.15) is 0 Å². The average molecular weight is 353 g/mol. The van der Waals surface area contributed by atoms with Crippen LogP contribution in [0.25, 0.3) is 5.69 Å². The Morgan fingerprint density at radius 2 is 1.84 bits per heavy atom. The smallest absolute Gasteiger partial charge is 0.323 e. The van der Waals surface area contributed by atoms with Crippen LogP contribution in [-0.4, -0.2) is 27.8 Å². The summed E-state index contributed by atoms with van der Waals surface area (Å²) in [6.45, 7) is 3.94. The minimum atomic E-state index is -0.502. The van der Waals surface area contributed by atoms with E-state index in [0.29, 0.717) is 5.16 Å². The minimum absolute atomic E-state index is 0.312. The molecule has 0 fully saturated rings. The van der Waals surface area contributed by atoms with Gasteiger partial charge in [-0.25, -0.2) is 0 Å². The number of aryl methyl sites for hydroxylation is 2. The molecular weight excluding hydrogens is 334 g/mol. The lowest BCUT2D eigenvalue weighted by molar-refractivity contribution is -0.140. The van der Waals surface area contributed by atoms with E-state index in [1.807, 2.05) is 66.9 Å². The fourth-order valence-electron chi connectivity index (χ4n) is 2.58. The molecule has 0 spiro atoms. The second-order valence-electron chi connectivity index (χ2n) is 5.64. The summed E-state index contributed by atoms with van der Waals surface area (Å²) in [7, 11) is 1.40. The molecule has 1 atom stereocenters. The summed E-state index contributed by atoms with van der Waals surface area (Å²) < 4.78 is 6.95. The van der Waals surface area contributed by atoms with Gasteiger partial charge in [-0.05, 0) is 37.1 Å². The van der Waals surface area contributed by atoms with Crippen molar-refractivity contribution in [3.63, 3.8) is 0 Å². The standard InChI is InChI=1S/C19H19N3O2S/c1-13-8-7-11-16(12-13)22-14(2)20-21-19(22)25-17(18(23)24-3)15-9-5-4-6-10-15/h4-12,17H,1-3H3/t17-/m0/s1. The van der Waals surface area contributed by atoms with E-state index < -0.39 is 5.25 Å². The van der Waals surface area contributed by atoms with Crippen molar-refractivity contribution in [3.05, 3.63) is 71.5 Å². The highest BCUT2D eigenvalue weighted by Crippen LogP contribution is 2.36. The number of hydrogen-bond donors (Lipinski definition) is 0. The number of rotatable bonds is 5. The van der Waals surface area contributed by atoms with Crippen molar-refractivity contribution in [2.24, 2.45) is 0 Å². The highest BCUT2D eigenvalue weighted by atomic mass is 32.2. The SMILES string of the molecule is COC(=O)[C@@H](Sc1nnc(C)n1-c1cccc(C)c1)c1ccccc1. The van der Waals surface area contributed by atoms with Gasteiger partial charge in [-0.3, -0.25) is 9.36 Å². The van der Waals surface area contributed by atoms with Gasteiger partial charge in [0.25, 0.3) is 0 Å². The van der Waals surface area contributed by atoms with Crippen LogP contribution in [0.2, 0.25) is 0 Å². The zero-order valence-electron chi connectivity index (χ0n) is 14.3. The summed E-state index contributed by atoms with van der Waals surface area (Å²) in [6, 6.07) is 17.7. The number of carbonyl (C=O) groups is 1.